The van der Waals surface area contributed by atoms with Gasteiger partial charge in [0, 0.05) is 19.8 Å². The van der Waals surface area contributed by atoms with E-state index in [0.717, 1.165) is 46.6 Å². The minimum atomic E-state index is -2.98. The molecule has 0 aliphatic carbocycles. The number of halogens is 1. The first-order chi connectivity index (χ1) is 39.0. The molecule has 2 aliphatic rings. The lowest BCUT2D eigenvalue weighted by Crippen LogP contribution is -2.67. The molecular weight excluding hydrogens is 1140 g/mol. The number of carbonyl (C=O) groups is 1. The average molecular weight is 1240 g/mol. The van der Waals surface area contributed by atoms with E-state index in [1.165, 1.54) is 17.8 Å². The number of nitrogen functional groups attached to an aromatic ring is 3. The van der Waals surface area contributed by atoms with E-state index in [2.05, 4.69) is 198 Å². The molecule has 4 aromatic heterocycles. The molecule has 6 heterocycles. The minimum absolute atomic E-state index is 0. The van der Waals surface area contributed by atoms with Gasteiger partial charge in [-0.05, 0) is 69.8 Å². The molecule has 18 nitrogen and oxygen atoms in total. The van der Waals surface area contributed by atoms with Crippen LogP contribution in [-0.2, 0) is 27.9 Å². The van der Waals surface area contributed by atoms with E-state index < -0.39 is 80.7 Å². The molecule has 0 bridgehead atoms. The summed E-state index contributed by atoms with van der Waals surface area (Å²) in [5.41, 5.74) is 24.5. The van der Waals surface area contributed by atoms with Gasteiger partial charge in [0.15, 0.2) is 66.5 Å². The lowest BCUT2D eigenvalue weighted by molar-refractivity contribution is -0.153. The molecule has 23 heteroatoms. The third-order valence-electron chi connectivity index (χ3n) is 17.7. The molecule has 464 valence electrons. The van der Waals surface area contributed by atoms with Gasteiger partial charge in [0.2, 0.25) is 5.95 Å². The SMILES string of the molecule is C.C.CC[Si](C#C[C@@]1(CO[Si](C)(C)C(C)(C)C)CC(O)[C@H](n2cnc3c(N)nc(F)nc32)O1)(CC)CC.CC[Si](C#C[C@@]1(CO[Si](c2ccccc2)(c2ccccc2)C(C)(C)C)CC(OC(C)=O)[C@H](n2cnc3c(N)nc(N)nc32)O1)(CC)CC. The van der Waals surface area contributed by atoms with Crippen LogP contribution < -0.4 is 27.6 Å². The number of benzene rings is 2. The van der Waals surface area contributed by atoms with E-state index in [1.807, 2.05) is 12.1 Å². The van der Waals surface area contributed by atoms with Crippen LogP contribution in [0.15, 0.2) is 73.3 Å². The van der Waals surface area contributed by atoms with Crippen molar-refractivity contribution in [1.29, 1.82) is 0 Å². The van der Waals surface area contributed by atoms with Crippen LogP contribution in [0.5, 0.6) is 0 Å². The van der Waals surface area contributed by atoms with Crippen LogP contribution >= 0.6 is 0 Å². The number of ether oxygens (including phenoxy) is 3. The summed E-state index contributed by atoms with van der Waals surface area (Å²) >= 11 is 0. The molecule has 85 heavy (non-hydrogen) atoms. The Balaban J connectivity index is 0.000000318. The molecule has 2 fully saturated rings. The first-order valence-corrected chi connectivity index (χ1v) is 39.2. The Hall–Kier alpha value is -5.87. The Morgan fingerprint density at radius 3 is 1.56 bits per heavy atom. The van der Waals surface area contributed by atoms with Crippen molar-refractivity contribution in [3.05, 3.63) is 79.4 Å². The highest BCUT2D eigenvalue weighted by Gasteiger charge is 2.56. The van der Waals surface area contributed by atoms with Crippen molar-refractivity contribution in [1.82, 2.24) is 39.0 Å². The monoisotopic (exact) mass is 1240 g/mol. The lowest BCUT2D eigenvalue weighted by Gasteiger charge is -2.44. The lowest BCUT2D eigenvalue weighted by atomic mass is 10.0. The number of aliphatic hydroxyl groups excluding tert-OH is 1. The number of aromatic nitrogens is 8. The van der Waals surface area contributed by atoms with Gasteiger partial charge < -0.3 is 45.4 Å². The normalized spacial score (nSPS) is 21.0. The van der Waals surface area contributed by atoms with E-state index in [-0.39, 0.29) is 73.3 Å². The standard InChI is InChI=1S/C36H48N6O4Si2.C24H40FN5O3Si2.2CH4/c1-8-47(9-2,10-3)22-21-36(24-44-48(35(5,6)7,27-17-13-11-14-18-27)28-19-15-12-16-20-28)23-29(45-26(4)43)33(46-36)42-25-39-30-31(37)40-34(38)41-32(30)42;1-9-35(10-2,11-3)13-12-24(15-32-34(7,8)23(4,5)6)14-17(31)21(33-24)30-16-27-18-19(26)28-22(25)29-20(18)30;;/h11-20,25,29,33H,8-10,23-24H2,1-7H3,(H4,37,38,40,41);16-17,21,31H,9-11,14-15H2,1-8H3,(H2,26,28,29);2*1H4/t29?,33-,36+;17?,21-,24+;;/m11../s1. The molecule has 6 aromatic rings. The van der Waals surface area contributed by atoms with Crippen LogP contribution in [0.4, 0.5) is 22.0 Å². The Kier molecular flexibility index (Phi) is 22.6. The van der Waals surface area contributed by atoms with E-state index in [4.69, 9.17) is 40.3 Å². The first kappa shape index (κ1) is 69.9. The summed E-state index contributed by atoms with van der Waals surface area (Å²) in [6.07, 6.45) is -0.668. The van der Waals surface area contributed by atoms with Gasteiger partial charge in [0.05, 0.1) is 25.9 Å². The largest absolute Gasteiger partial charge is 0.458 e. The number of nitrogens with zero attached hydrogens (tertiary/aromatic N) is 8. The Bertz CT molecular complexity index is 3290. The van der Waals surface area contributed by atoms with Crippen LogP contribution in [-0.4, -0.2) is 120 Å². The number of aliphatic hydroxyl groups is 1. The van der Waals surface area contributed by atoms with Crippen LogP contribution in [0.25, 0.3) is 22.3 Å². The van der Waals surface area contributed by atoms with Crippen molar-refractivity contribution in [2.75, 3.05) is 30.4 Å². The van der Waals surface area contributed by atoms with Crippen LogP contribution in [0.1, 0.15) is 130 Å². The highest BCUT2D eigenvalue weighted by molar-refractivity contribution is 6.99. The maximum atomic E-state index is 13.9. The summed E-state index contributed by atoms with van der Waals surface area (Å²) in [4.78, 5) is 37.2. The van der Waals surface area contributed by atoms with E-state index in [0.29, 0.717) is 17.6 Å². The predicted molar refractivity (Wildman–Crippen MR) is 350 cm³/mol. The van der Waals surface area contributed by atoms with E-state index >= 15 is 0 Å². The summed E-state index contributed by atoms with van der Waals surface area (Å²) in [5.74, 6) is 6.81. The molecule has 8 rings (SSSR count). The molecule has 2 aliphatic heterocycles. The van der Waals surface area contributed by atoms with Gasteiger partial charge in [-0.15, -0.1) is 11.1 Å². The van der Waals surface area contributed by atoms with Crippen LogP contribution in [0.3, 0.4) is 0 Å². The first-order valence-electron chi connectivity index (χ1n) is 29.1. The van der Waals surface area contributed by atoms with Crippen molar-refractivity contribution < 1.29 is 37.4 Å². The number of hydrogen-bond acceptors (Lipinski definition) is 16. The number of rotatable bonds is 17. The molecule has 6 atom stereocenters. The molecule has 2 saturated heterocycles. The van der Waals surface area contributed by atoms with Gasteiger partial charge in [0.1, 0.15) is 27.8 Å². The Labute approximate surface area is 508 Å². The number of esters is 1. The van der Waals surface area contributed by atoms with Gasteiger partial charge in [-0.3, -0.25) is 13.9 Å². The second kappa shape index (κ2) is 27.4. The fraction of sp³-hybridized carbons (Fsp3) is 0.565. The third-order valence-corrected chi connectivity index (χ3v) is 36.6. The van der Waals surface area contributed by atoms with Gasteiger partial charge in [0.25, 0.3) is 8.32 Å². The topological polar surface area (TPSA) is 249 Å². The quantitative estimate of drug-likeness (QED) is 0.0287. The number of fused-ring (bicyclic) bond motifs is 2. The molecular formula is C62H96FN11O7Si4. The average Bonchev–Trinajstić information content (AvgIpc) is 2.56. The van der Waals surface area contributed by atoms with Crippen molar-refractivity contribution in [3.63, 3.8) is 0 Å². The van der Waals surface area contributed by atoms with Gasteiger partial charge in [-0.1, -0.05) is 170 Å². The van der Waals surface area contributed by atoms with Crippen molar-refractivity contribution in [2.45, 2.75) is 213 Å². The molecule has 2 unspecified atom stereocenters. The Morgan fingerprint density at radius 1 is 0.671 bits per heavy atom. The summed E-state index contributed by atoms with van der Waals surface area (Å²) < 4.78 is 50.8. The molecule has 0 saturated carbocycles. The van der Waals surface area contributed by atoms with Gasteiger partial charge >= 0.3 is 12.0 Å². The second-order valence-corrected chi connectivity index (χ2v) is 43.8. The van der Waals surface area contributed by atoms with E-state index in [9.17, 15) is 14.3 Å². The third kappa shape index (κ3) is 14.6. The smallest absolute Gasteiger partial charge is 0.312 e. The Morgan fingerprint density at radius 2 is 1.11 bits per heavy atom. The fourth-order valence-corrected chi connectivity index (χ4v) is 21.7. The second-order valence-electron chi connectivity index (χ2n) is 24.8. The highest BCUT2D eigenvalue weighted by atomic mass is 28.4. The molecule has 0 amide bonds. The van der Waals surface area contributed by atoms with Crippen LogP contribution in [0, 0.1) is 29.0 Å². The van der Waals surface area contributed by atoms with E-state index in [1.54, 1.807) is 10.9 Å². The van der Waals surface area contributed by atoms with Gasteiger partial charge in [-0.2, -0.15) is 24.3 Å². The van der Waals surface area contributed by atoms with Crippen molar-refractivity contribution in [2.24, 2.45) is 0 Å². The van der Waals surface area contributed by atoms with Crippen LogP contribution in [0.2, 0.25) is 59.4 Å². The number of nitrogens with two attached hydrogens (primary N) is 3. The summed E-state index contributed by atoms with van der Waals surface area (Å²) in [6.45, 7) is 32.8. The predicted octanol–water partition coefficient (Wildman–Crippen LogP) is 11.1. The number of anilines is 3. The number of imidazole rings is 2. The summed E-state index contributed by atoms with van der Waals surface area (Å²) in [6, 6.07) is 27.2. The molecule has 0 spiro atoms. The molecule has 0 radical (unpaired) electrons. The van der Waals surface area contributed by atoms with Gasteiger partial charge in [-0.25, -0.2) is 9.97 Å². The number of hydrogen-bond donors (Lipinski definition) is 4. The zero-order chi connectivity index (χ0) is 61.0. The molecule has 7 N–H and O–H groups in total. The zero-order valence-electron chi connectivity index (χ0n) is 51.4. The van der Waals surface area contributed by atoms with Crippen molar-refractivity contribution >= 4 is 89.0 Å². The van der Waals surface area contributed by atoms with Crippen molar-refractivity contribution in [3.8, 4) is 22.9 Å². The maximum absolute atomic E-state index is 13.9. The minimum Gasteiger partial charge on any atom is -0.458 e. The molecule has 2 aromatic carbocycles. The summed E-state index contributed by atoms with van der Waals surface area (Å²) in [7, 11) is -8.82. The number of carbonyl (C=O) groups excluding carboxylic acids is 1. The highest BCUT2D eigenvalue weighted by Crippen LogP contribution is 2.45. The summed E-state index contributed by atoms with van der Waals surface area (Å²) in [5, 5.41) is 13.2. The fourth-order valence-electron chi connectivity index (χ4n) is 11.0. The zero-order valence-corrected chi connectivity index (χ0v) is 55.4. The maximum Gasteiger partial charge on any atom is 0.312 e.